The van der Waals surface area contributed by atoms with Crippen LogP contribution in [0.3, 0.4) is 0 Å². The number of carbonyl (C=O) groups is 2. The van der Waals surface area contributed by atoms with E-state index in [9.17, 15) is 9.59 Å². The van der Waals surface area contributed by atoms with Crippen molar-refractivity contribution in [2.45, 2.75) is 12.8 Å². The molecule has 0 bridgehead atoms. The van der Waals surface area contributed by atoms with E-state index in [0.29, 0.717) is 17.6 Å². The van der Waals surface area contributed by atoms with Gasteiger partial charge in [0.05, 0.1) is 20.6 Å². The molecular weight excluding hydrogens is 232 g/mol. The van der Waals surface area contributed by atoms with Gasteiger partial charge in [0.25, 0.3) is 0 Å². The van der Waals surface area contributed by atoms with Gasteiger partial charge in [0, 0.05) is 12.0 Å². The third-order valence-electron chi connectivity index (χ3n) is 3.05. The number of hydrogen-bond donors (Lipinski definition) is 0. The Balaban J connectivity index is 2.42. The molecule has 1 aromatic rings. The molecule has 0 radical (unpaired) electrons. The summed E-state index contributed by atoms with van der Waals surface area (Å²) in [6.07, 6.45) is 0.604. The molecule has 18 heavy (non-hydrogen) atoms. The maximum Gasteiger partial charge on any atom is 0.334 e. The Hall–Kier alpha value is -2.10. The van der Waals surface area contributed by atoms with Crippen LogP contribution in [-0.4, -0.2) is 26.2 Å². The van der Waals surface area contributed by atoms with Crippen LogP contribution in [0.1, 0.15) is 17.5 Å². The molecule has 0 spiro atoms. The Morgan fingerprint density at radius 2 is 1.89 bits per heavy atom. The second-order valence-electron chi connectivity index (χ2n) is 4.04. The molecule has 0 aromatic heterocycles. The Labute approximate surface area is 105 Å². The van der Waals surface area contributed by atoms with Crippen LogP contribution < -0.4 is 0 Å². The molecule has 94 valence electrons. The molecule has 0 fully saturated rings. The molecule has 2 rings (SSSR count). The summed E-state index contributed by atoms with van der Waals surface area (Å²) in [4.78, 5) is 23.2. The zero-order valence-electron chi connectivity index (χ0n) is 10.4. The van der Waals surface area contributed by atoms with Gasteiger partial charge >= 0.3 is 11.9 Å². The summed E-state index contributed by atoms with van der Waals surface area (Å²) < 4.78 is 9.43. The number of carbonyl (C=O) groups excluding carboxylic acids is 2. The highest BCUT2D eigenvalue weighted by Crippen LogP contribution is 2.35. The summed E-state index contributed by atoms with van der Waals surface area (Å²) in [5.74, 6) is -0.742. The first-order chi connectivity index (χ1) is 8.67. The number of hydrogen-bond acceptors (Lipinski definition) is 4. The van der Waals surface area contributed by atoms with E-state index < -0.39 is 0 Å². The summed E-state index contributed by atoms with van der Waals surface area (Å²) in [5, 5.41) is 0. The van der Waals surface area contributed by atoms with Crippen LogP contribution >= 0.6 is 0 Å². The van der Waals surface area contributed by atoms with Crippen LogP contribution in [0.2, 0.25) is 0 Å². The van der Waals surface area contributed by atoms with Crippen molar-refractivity contribution in [2.75, 3.05) is 14.2 Å². The normalized spacial score (nSPS) is 13.2. The fraction of sp³-hybridized carbons (Fsp3) is 0.286. The molecule has 0 saturated carbocycles. The zero-order valence-corrected chi connectivity index (χ0v) is 10.4. The van der Waals surface area contributed by atoms with Crippen molar-refractivity contribution in [1.29, 1.82) is 0 Å². The lowest BCUT2D eigenvalue weighted by molar-refractivity contribution is -0.139. The minimum Gasteiger partial charge on any atom is -0.469 e. The average molecular weight is 246 g/mol. The van der Waals surface area contributed by atoms with E-state index in [1.54, 1.807) is 0 Å². The van der Waals surface area contributed by atoms with Crippen molar-refractivity contribution in [3.05, 3.63) is 41.0 Å². The highest BCUT2D eigenvalue weighted by Gasteiger charge is 2.27. The molecule has 0 atom stereocenters. The van der Waals surface area contributed by atoms with Gasteiger partial charge in [-0.2, -0.15) is 0 Å². The SMILES string of the molecule is COC(=O)CC1=C(C(=O)OC)Cc2ccccc21. The van der Waals surface area contributed by atoms with Gasteiger partial charge < -0.3 is 9.47 Å². The number of fused-ring (bicyclic) bond motifs is 1. The van der Waals surface area contributed by atoms with Crippen molar-refractivity contribution < 1.29 is 19.1 Å². The van der Waals surface area contributed by atoms with Crippen molar-refractivity contribution in [3.63, 3.8) is 0 Å². The van der Waals surface area contributed by atoms with Gasteiger partial charge in [-0.15, -0.1) is 0 Å². The quantitative estimate of drug-likeness (QED) is 0.762. The third kappa shape index (κ3) is 2.14. The van der Waals surface area contributed by atoms with E-state index >= 15 is 0 Å². The van der Waals surface area contributed by atoms with E-state index in [4.69, 9.17) is 4.74 Å². The Kier molecular flexibility index (Phi) is 3.46. The van der Waals surface area contributed by atoms with Gasteiger partial charge in [0.2, 0.25) is 0 Å². The zero-order chi connectivity index (χ0) is 13.1. The predicted octanol–water partition coefficient (Wildman–Crippen LogP) is 1.73. The van der Waals surface area contributed by atoms with Crippen molar-refractivity contribution >= 4 is 17.5 Å². The van der Waals surface area contributed by atoms with Gasteiger partial charge in [-0.25, -0.2) is 4.79 Å². The summed E-state index contributed by atoms with van der Waals surface area (Å²) in [6.45, 7) is 0. The minimum atomic E-state index is -0.384. The van der Waals surface area contributed by atoms with Crippen LogP contribution in [0, 0.1) is 0 Å². The average Bonchev–Trinajstić information content (AvgIpc) is 2.77. The molecule has 4 nitrogen and oxygen atoms in total. The first-order valence-electron chi connectivity index (χ1n) is 5.62. The lowest BCUT2D eigenvalue weighted by atomic mass is 10.0. The smallest absolute Gasteiger partial charge is 0.334 e. The standard InChI is InChI=1S/C14H14O4/c1-17-13(15)8-11-10-6-4-3-5-9(10)7-12(11)14(16)18-2/h3-6H,7-8H2,1-2H3. The molecular formula is C14H14O4. The first-order valence-corrected chi connectivity index (χ1v) is 5.62. The molecule has 0 unspecified atom stereocenters. The van der Waals surface area contributed by atoms with E-state index in [1.807, 2.05) is 24.3 Å². The van der Waals surface area contributed by atoms with E-state index in [-0.39, 0.29) is 18.4 Å². The highest BCUT2D eigenvalue weighted by atomic mass is 16.5. The maximum absolute atomic E-state index is 11.7. The van der Waals surface area contributed by atoms with Crippen LogP contribution in [0.25, 0.3) is 5.57 Å². The van der Waals surface area contributed by atoms with Crippen LogP contribution in [0.4, 0.5) is 0 Å². The highest BCUT2D eigenvalue weighted by molar-refractivity contribution is 6.04. The number of rotatable bonds is 3. The number of benzene rings is 1. The molecule has 1 aliphatic carbocycles. The van der Waals surface area contributed by atoms with Gasteiger partial charge in [0.1, 0.15) is 0 Å². The molecule has 0 amide bonds. The number of ether oxygens (including phenoxy) is 2. The number of esters is 2. The second kappa shape index (κ2) is 5.04. The van der Waals surface area contributed by atoms with Crippen molar-refractivity contribution in [3.8, 4) is 0 Å². The predicted molar refractivity (Wildman–Crippen MR) is 65.7 cm³/mol. The lowest BCUT2D eigenvalue weighted by Gasteiger charge is -2.06. The largest absolute Gasteiger partial charge is 0.469 e. The van der Waals surface area contributed by atoms with Gasteiger partial charge in [-0.3, -0.25) is 4.79 Å². The molecule has 0 heterocycles. The van der Waals surface area contributed by atoms with Crippen LogP contribution in [0.5, 0.6) is 0 Å². The van der Waals surface area contributed by atoms with Crippen LogP contribution in [-0.2, 0) is 25.5 Å². The van der Waals surface area contributed by atoms with E-state index in [2.05, 4.69) is 4.74 Å². The van der Waals surface area contributed by atoms with E-state index in [1.165, 1.54) is 14.2 Å². The van der Waals surface area contributed by atoms with Gasteiger partial charge in [-0.05, 0) is 16.7 Å². The molecule has 1 aliphatic rings. The minimum absolute atomic E-state index is 0.0952. The second-order valence-corrected chi connectivity index (χ2v) is 4.04. The van der Waals surface area contributed by atoms with E-state index in [0.717, 1.165) is 11.1 Å². The molecule has 4 heteroatoms. The summed E-state index contributed by atoms with van der Waals surface area (Å²) in [6, 6.07) is 7.65. The molecule has 0 aliphatic heterocycles. The molecule has 0 saturated heterocycles. The van der Waals surface area contributed by atoms with Crippen molar-refractivity contribution in [1.82, 2.24) is 0 Å². The van der Waals surface area contributed by atoms with Gasteiger partial charge in [-0.1, -0.05) is 24.3 Å². The lowest BCUT2D eigenvalue weighted by Crippen LogP contribution is -2.08. The summed E-state index contributed by atoms with van der Waals surface area (Å²) >= 11 is 0. The fourth-order valence-corrected chi connectivity index (χ4v) is 2.17. The van der Waals surface area contributed by atoms with Crippen LogP contribution in [0.15, 0.2) is 29.8 Å². The Bertz CT molecular complexity index is 528. The third-order valence-corrected chi connectivity index (χ3v) is 3.05. The molecule has 1 aromatic carbocycles. The Morgan fingerprint density at radius 3 is 2.56 bits per heavy atom. The fourth-order valence-electron chi connectivity index (χ4n) is 2.17. The topological polar surface area (TPSA) is 52.6 Å². The molecule has 0 N–H and O–H groups in total. The summed E-state index contributed by atoms with van der Waals surface area (Å²) in [5.41, 5.74) is 3.23. The monoisotopic (exact) mass is 246 g/mol. The summed E-state index contributed by atoms with van der Waals surface area (Å²) in [7, 11) is 2.68. The number of methoxy groups -OCH3 is 2. The van der Waals surface area contributed by atoms with Crippen molar-refractivity contribution in [2.24, 2.45) is 0 Å². The first kappa shape index (κ1) is 12.4. The van der Waals surface area contributed by atoms with Gasteiger partial charge in [0.15, 0.2) is 0 Å². The maximum atomic E-state index is 11.7. The Morgan fingerprint density at radius 1 is 1.17 bits per heavy atom.